The number of hydrogen-bond acceptors (Lipinski definition) is 10. The highest BCUT2D eigenvalue weighted by Gasteiger charge is 2.14. The lowest BCUT2D eigenvalue weighted by Gasteiger charge is -2.12. The van der Waals surface area contributed by atoms with Crippen LogP contribution < -0.4 is 28.9 Å². The van der Waals surface area contributed by atoms with Gasteiger partial charge in [-0.05, 0) is 74.0 Å². The first-order valence-corrected chi connectivity index (χ1v) is 17.4. The van der Waals surface area contributed by atoms with Crippen molar-refractivity contribution in [2.75, 3.05) is 28.4 Å². The standard InChI is InChI=1S/2C17H18N3O3S.CH4/c2*1-10-8-18-15(11(2)16(10)23-4)9-24(21)17-19-13-6-5-12(22-3)7-14(13)20-17;/h2*5-8H,9H2,1-4H3;1H4/q2*-1;/t2*24-;/m11./s1. The molecule has 2 atom stereocenters. The van der Waals surface area contributed by atoms with Crippen molar-refractivity contribution in [2.45, 2.75) is 56.9 Å². The van der Waals surface area contributed by atoms with Crippen LogP contribution in [0.2, 0.25) is 0 Å². The zero-order chi connectivity index (χ0) is 34.5. The monoisotopic (exact) mass is 704 g/mol. The Hall–Kier alpha value is -4.82. The zero-order valence-electron chi connectivity index (χ0n) is 28.0. The summed E-state index contributed by atoms with van der Waals surface area (Å²) in [4.78, 5) is 26.2. The SMILES string of the molecule is C.COc1ccc2[n-]c([S@](=O)Cc3ncc(C)c(OC)c3C)nc2c1.COc1ccc2[n-]c([S@](=O)Cc3ncc(C)c(OC)c3C)nc2c1. The maximum Gasteiger partial charge on any atom is 0.128 e. The maximum atomic E-state index is 12.6. The zero-order valence-corrected chi connectivity index (χ0v) is 29.6. The highest BCUT2D eigenvalue weighted by atomic mass is 32.2. The third-order valence-corrected chi connectivity index (χ3v) is 9.92. The Morgan fingerprint density at radius 1 is 0.612 bits per heavy atom. The molecular weight excluding hydrogens is 665 g/mol. The first-order valence-electron chi connectivity index (χ1n) is 14.8. The summed E-state index contributed by atoms with van der Waals surface area (Å²) in [5.74, 6) is 3.43. The average molecular weight is 705 g/mol. The van der Waals surface area contributed by atoms with Crippen LogP contribution in [0.3, 0.4) is 0 Å². The quantitative estimate of drug-likeness (QED) is 0.172. The van der Waals surface area contributed by atoms with Crippen LogP contribution in [0.5, 0.6) is 23.0 Å². The Kier molecular flexibility index (Phi) is 12.1. The molecule has 0 N–H and O–H groups in total. The summed E-state index contributed by atoms with van der Waals surface area (Å²) in [6.07, 6.45) is 3.46. The summed E-state index contributed by atoms with van der Waals surface area (Å²) in [6.45, 7) is 7.69. The third kappa shape index (κ3) is 8.08. The number of benzene rings is 2. The van der Waals surface area contributed by atoms with Gasteiger partial charge in [0.1, 0.15) is 23.0 Å². The Labute approximate surface area is 290 Å². The van der Waals surface area contributed by atoms with E-state index in [-0.39, 0.29) is 18.9 Å². The van der Waals surface area contributed by atoms with E-state index in [2.05, 4.69) is 29.9 Å². The average Bonchev–Trinajstić information content (AvgIpc) is 3.72. The minimum Gasteiger partial charge on any atom is -0.497 e. The van der Waals surface area contributed by atoms with Crippen LogP contribution in [0.25, 0.3) is 22.1 Å². The number of aromatic nitrogens is 6. The van der Waals surface area contributed by atoms with E-state index < -0.39 is 21.6 Å². The van der Waals surface area contributed by atoms with Crippen LogP contribution in [-0.4, -0.2) is 56.8 Å². The number of hydrogen-bond donors (Lipinski definition) is 0. The Balaban J connectivity index is 0.000000216. The van der Waals surface area contributed by atoms with Gasteiger partial charge in [-0.3, -0.25) is 18.4 Å². The second-order valence-electron chi connectivity index (χ2n) is 10.8. The molecule has 0 bridgehead atoms. The fourth-order valence-electron chi connectivity index (χ4n) is 5.11. The van der Waals surface area contributed by atoms with Gasteiger partial charge in [-0.1, -0.05) is 19.6 Å². The smallest absolute Gasteiger partial charge is 0.128 e. The van der Waals surface area contributed by atoms with Gasteiger partial charge in [0.2, 0.25) is 0 Å². The summed E-state index contributed by atoms with van der Waals surface area (Å²) in [5, 5.41) is 0.609. The number of pyridine rings is 2. The molecule has 0 radical (unpaired) electrons. The van der Waals surface area contributed by atoms with Crippen molar-refractivity contribution in [1.82, 2.24) is 29.9 Å². The molecular formula is C35H40N6O6S2-2. The lowest BCUT2D eigenvalue weighted by atomic mass is 10.1. The molecule has 6 rings (SSSR count). The summed E-state index contributed by atoms with van der Waals surface area (Å²) >= 11 is 0. The van der Waals surface area contributed by atoms with Crippen molar-refractivity contribution in [2.24, 2.45) is 0 Å². The number of methoxy groups -OCH3 is 4. The van der Waals surface area contributed by atoms with Crippen molar-refractivity contribution >= 4 is 43.7 Å². The van der Waals surface area contributed by atoms with E-state index in [1.54, 1.807) is 77.2 Å². The maximum absolute atomic E-state index is 12.6. The molecule has 14 heteroatoms. The first kappa shape index (κ1) is 37.0. The van der Waals surface area contributed by atoms with Gasteiger partial charge in [-0.2, -0.15) is 0 Å². The number of fused-ring (bicyclic) bond motifs is 2. The van der Waals surface area contributed by atoms with Crippen LogP contribution >= 0.6 is 0 Å². The highest BCUT2D eigenvalue weighted by Crippen LogP contribution is 2.27. The molecule has 0 saturated carbocycles. The molecule has 0 spiro atoms. The van der Waals surface area contributed by atoms with Crippen LogP contribution in [0, 0.1) is 27.7 Å². The fourth-order valence-corrected chi connectivity index (χ4v) is 7.24. The molecule has 0 aliphatic carbocycles. The largest absolute Gasteiger partial charge is 0.497 e. The molecule has 0 aliphatic rings. The minimum atomic E-state index is -1.38. The van der Waals surface area contributed by atoms with E-state index in [9.17, 15) is 8.42 Å². The van der Waals surface area contributed by atoms with Crippen molar-refractivity contribution in [3.8, 4) is 23.0 Å². The van der Waals surface area contributed by atoms with E-state index in [0.29, 0.717) is 43.9 Å². The van der Waals surface area contributed by atoms with Gasteiger partial charge < -0.3 is 38.9 Å². The van der Waals surface area contributed by atoms with Gasteiger partial charge in [0.25, 0.3) is 0 Å². The number of imidazole rings is 2. The van der Waals surface area contributed by atoms with Gasteiger partial charge in [-0.15, -0.1) is 0 Å². The molecule has 2 aromatic carbocycles. The Bertz CT molecular complexity index is 1990. The Morgan fingerprint density at radius 3 is 1.35 bits per heavy atom. The van der Waals surface area contributed by atoms with Crippen molar-refractivity contribution < 1.29 is 27.4 Å². The van der Waals surface area contributed by atoms with Gasteiger partial charge in [0, 0.05) is 45.0 Å². The van der Waals surface area contributed by atoms with Crippen LogP contribution in [0.4, 0.5) is 0 Å². The van der Waals surface area contributed by atoms with Crippen LogP contribution in [0.1, 0.15) is 41.1 Å². The second-order valence-corrected chi connectivity index (χ2v) is 13.5. The van der Waals surface area contributed by atoms with E-state index >= 15 is 0 Å². The van der Waals surface area contributed by atoms with Gasteiger partial charge in [0.05, 0.1) is 72.9 Å². The topological polar surface area (TPSA) is 151 Å². The molecule has 0 aliphatic heterocycles. The number of rotatable bonds is 10. The molecule has 260 valence electrons. The molecule has 6 aromatic rings. The van der Waals surface area contributed by atoms with Crippen LogP contribution in [0.15, 0.2) is 59.1 Å². The van der Waals surface area contributed by atoms with Gasteiger partial charge >= 0.3 is 0 Å². The predicted octanol–water partition coefficient (Wildman–Crippen LogP) is 5.69. The fraction of sp³-hybridized carbons (Fsp3) is 0.314. The van der Waals surface area contributed by atoms with Crippen LogP contribution in [-0.2, 0) is 33.1 Å². The highest BCUT2D eigenvalue weighted by molar-refractivity contribution is 7.84. The predicted molar refractivity (Wildman–Crippen MR) is 191 cm³/mol. The number of nitrogens with zero attached hydrogens (tertiary/aromatic N) is 6. The van der Waals surface area contributed by atoms with E-state index in [4.69, 9.17) is 18.9 Å². The number of ether oxygens (including phenoxy) is 4. The molecule has 4 heterocycles. The number of aryl methyl sites for hydroxylation is 2. The Morgan fingerprint density at radius 2 is 1.00 bits per heavy atom. The van der Waals surface area contributed by atoms with E-state index in [0.717, 1.165) is 45.1 Å². The van der Waals surface area contributed by atoms with Crippen molar-refractivity contribution in [3.05, 3.63) is 82.4 Å². The molecule has 0 saturated heterocycles. The summed E-state index contributed by atoms with van der Waals surface area (Å²) in [5.41, 5.74) is 7.87. The summed E-state index contributed by atoms with van der Waals surface area (Å²) in [7, 11) is 3.66. The third-order valence-electron chi connectivity index (χ3n) is 7.67. The molecule has 49 heavy (non-hydrogen) atoms. The molecule has 12 nitrogen and oxygen atoms in total. The van der Waals surface area contributed by atoms with Crippen molar-refractivity contribution in [3.63, 3.8) is 0 Å². The van der Waals surface area contributed by atoms with Gasteiger partial charge in [-0.25, -0.2) is 0 Å². The van der Waals surface area contributed by atoms with Gasteiger partial charge in [0.15, 0.2) is 0 Å². The molecule has 0 amide bonds. The molecule has 0 fully saturated rings. The summed E-state index contributed by atoms with van der Waals surface area (Å²) in [6, 6.07) is 10.8. The second kappa shape index (κ2) is 16.1. The first-order chi connectivity index (χ1) is 23.1. The molecule has 0 unspecified atom stereocenters. The van der Waals surface area contributed by atoms with E-state index in [1.165, 1.54) is 0 Å². The lowest BCUT2D eigenvalue weighted by Crippen LogP contribution is -2.05. The minimum absolute atomic E-state index is 0. The summed E-state index contributed by atoms with van der Waals surface area (Å²) < 4.78 is 46.4. The normalized spacial score (nSPS) is 12.1. The lowest BCUT2D eigenvalue weighted by molar-refractivity contribution is 0.407. The van der Waals surface area contributed by atoms with Crippen molar-refractivity contribution in [1.29, 1.82) is 0 Å². The molecule has 4 aromatic heterocycles. The van der Waals surface area contributed by atoms with E-state index in [1.807, 2.05) is 27.7 Å².